The zero-order chi connectivity index (χ0) is 42.0. The summed E-state index contributed by atoms with van der Waals surface area (Å²) in [7, 11) is 0. The first kappa shape index (κ1) is 41.6. The van der Waals surface area contributed by atoms with Gasteiger partial charge in [0.15, 0.2) is 0 Å². The number of allylic oxidation sites excluding steroid dienone is 6. The van der Waals surface area contributed by atoms with Crippen LogP contribution >= 0.6 is 0 Å². The molecule has 4 aromatic carbocycles. The quantitative estimate of drug-likeness (QED) is 0.0985. The van der Waals surface area contributed by atoms with E-state index in [4.69, 9.17) is 9.47 Å². The summed E-state index contributed by atoms with van der Waals surface area (Å²) in [5.74, 6) is -3.20. The Morgan fingerprint density at radius 2 is 0.828 bits per heavy atom. The molecule has 8 nitrogen and oxygen atoms in total. The molecule has 2 atom stereocenters. The van der Waals surface area contributed by atoms with Crippen LogP contribution in [-0.4, -0.2) is 45.2 Å². The van der Waals surface area contributed by atoms with Gasteiger partial charge in [0.1, 0.15) is 47.7 Å². The van der Waals surface area contributed by atoms with Crippen molar-refractivity contribution in [2.45, 2.75) is 92.9 Å². The predicted octanol–water partition coefficient (Wildman–Crippen LogP) is 11.3. The van der Waals surface area contributed by atoms with Crippen molar-refractivity contribution in [3.63, 3.8) is 0 Å². The second-order valence-corrected chi connectivity index (χ2v) is 16.3. The fraction of sp³-hybridized carbons (Fsp3) is 0.320. The van der Waals surface area contributed by atoms with Crippen molar-refractivity contribution in [1.82, 2.24) is 0 Å². The first-order valence-electron chi connectivity index (χ1n) is 19.9. The normalized spacial score (nSPS) is 15.9. The number of ketones is 2. The molecule has 0 bridgehead atoms. The summed E-state index contributed by atoms with van der Waals surface area (Å²) in [5, 5.41) is 46.0. The lowest BCUT2D eigenvalue weighted by atomic mass is 9.63. The van der Waals surface area contributed by atoms with Crippen LogP contribution in [0.3, 0.4) is 0 Å². The van der Waals surface area contributed by atoms with E-state index in [1.54, 1.807) is 12.1 Å². The Kier molecular flexibility index (Phi) is 12.4. The smallest absolute Gasteiger partial charge is 0.201 e. The number of carbonyl (C=O) groups excluding carboxylic acids is 2. The molecule has 2 aliphatic rings. The third-order valence-electron chi connectivity index (χ3n) is 11.0. The molecule has 0 amide bonds. The number of hydrogen-bond donors (Lipinski definition) is 4. The van der Waals surface area contributed by atoms with Gasteiger partial charge in [-0.3, -0.25) is 9.59 Å². The van der Waals surface area contributed by atoms with Gasteiger partial charge in [-0.2, -0.15) is 0 Å². The summed E-state index contributed by atoms with van der Waals surface area (Å²) in [6.07, 6.45) is 11.9. The van der Waals surface area contributed by atoms with E-state index in [2.05, 4.69) is 39.8 Å². The first-order chi connectivity index (χ1) is 27.5. The van der Waals surface area contributed by atoms with Crippen LogP contribution in [0.5, 0.6) is 34.5 Å². The topological polar surface area (TPSA) is 134 Å². The van der Waals surface area contributed by atoms with Gasteiger partial charge in [-0.1, -0.05) is 46.6 Å². The maximum Gasteiger partial charge on any atom is 0.201 e. The van der Waals surface area contributed by atoms with Crippen LogP contribution in [0.2, 0.25) is 0 Å². The van der Waals surface area contributed by atoms with E-state index in [1.807, 2.05) is 52.0 Å². The fourth-order valence-electron chi connectivity index (χ4n) is 8.22. The summed E-state index contributed by atoms with van der Waals surface area (Å²) in [4.78, 5) is 28.7. The van der Waals surface area contributed by atoms with E-state index < -0.39 is 23.4 Å². The zero-order valence-electron chi connectivity index (χ0n) is 34.7. The standard InChI is InChI=1S/C50H54O8/c1-27(2)11-9-13-29(5)15-17-57-33-23-37-43(35-19-31(7)21-39(51)45(35)49(55)47(37)41(53)25-33)44-36-20-32(8)22-40(52)46(36)50(56)48-38(44)24-34(26-42(48)54)58-18-16-30(6)14-10-12-28(3)4/h11-12,15-16,19-26,43-44,51-54H,9-10,13-14,17-18H2,1-8H3/t43-,44-/m1/s1. The van der Waals surface area contributed by atoms with Gasteiger partial charge in [0.05, 0.1) is 22.3 Å². The minimum absolute atomic E-state index is 0.000302. The van der Waals surface area contributed by atoms with Crippen molar-refractivity contribution in [1.29, 1.82) is 0 Å². The molecule has 58 heavy (non-hydrogen) atoms. The van der Waals surface area contributed by atoms with Gasteiger partial charge in [-0.05, 0) is 151 Å². The molecule has 0 spiro atoms. The van der Waals surface area contributed by atoms with E-state index in [0.717, 1.165) is 36.8 Å². The average molecular weight is 783 g/mol. The van der Waals surface area contributed by atoms with Crippen LogP contribution in [-0.2, 0) is 0 Å². The largest absolute Gasteiger partial charge is 0.507 e. The monoisotopic (exact) mass is 782 g/mol. The molecule has 0 aromatic heterocycles. The number of fused-ring (bicyclic) bond motifs is 4. The minimum atomic E-state index is -0.817. The number of hydrogen-bond acceptors (Lipinski definition) is 8. The van der Waals surface area contributed by atoms with E-state index >= 15 is 0 Å². The molecule has 0 heterocycles. The summed E-state index contributed by atoms with van der Waals surface area (Å²) in [6, 6.07) is 13.0. The molecule has 0 unspecified atom stereocenters. The highest BCUT2D eigenvalue weighted by Crippen LogP contribution is 2.57. The summed E-state index contributed by atoms with van der Waals surface area (Å²) in [5.41, 5.74) is 8.03. The van der Waals surface area contributed by atoms with Gasteiger partial charge in [0.25, 0.3) is 0 Å². The second-order valence-electron chi connectivity index (χ2n) is 16.3. The molecule has 4 aromatic rings. The molecule has 4 N–H and O–H groups in total. The number of phenols is 4. The summed E-state index contributed by atoms with van der Waals surface area (Å²) in [6.45, 7) is 16.4. The third-order valence-corrected chi connectivity index (χ3v) is 11.0. The molecule has 0 saturated carbocycles. The highest BCUT2D eigenvalue weighted by atomic mass is 16.5. The van der Waals surface area contributed by atoms with Crippen LogP contribution in [0.1, 0.15) is 144 Å². The van der Waals surface area contributed by atoms with Crippen molar-refractivity contribution in [2.24, 2.45) is 0 Å². The lowest BCUT2D eigenvalue weighted by molar-refractivity contribution is 0.101. The Bertz CT molecular complexity index is 2250. The third kappa shape index (κ3) is 8.61. The Balaban J connectivity index is 1.52. The minimum Gasteiger partial charge on any atom is -0.507 e. The Hall–Kier alpha value is -6.02. The van der Waals surface area contributed by atoms with Crippen molar-refractivity contribution >= 4 is 11.6 Å². The highest BCUT2D eigenvalue weighted by molar-refractivity contribution is 6.18. The van der Waals surface area contributed by atoms with E-state index in [-0.39, 0.29) is 58.5 Å². The average Bonchev–Trinajstić information content (AvgIpc) is 3.11. The molecule has 302 valence electrons. The van der Waals surface area contributed by atoms with Gasteiger partial charge in [-0.15, -0.1) is 0 Å². The van der Waals surface area contributed by atoms with Gasteiger partial charge < -0.3 is 29.9 Å². The molecule has 0 aliphatic heterocycles. The fourth-order valence-corrected chi connectivity index (χ4v) is 8.22. The molecular weight excluding hydrogens is 729 g/mol. The Morgan fingerprint density at radius 3 is 1.17 bits per heavy atom. The molecule has 6 rings (SSSR count). The Labute approximate surface area is 341 Å². The number of aryl methyl sites for hydroxylation is 2. The van der Waals surface area contributed by atoms with E-state index in [9.17, 15) is 30.0 Å². The molecule has 0 fully saturated rings. The zero-order valence-corrected chi connectivity index (χ0v) is 34.7. The maximum absolute atomic E-state index is 14.3. The van der Waals surface area contributed by atoms with Gasteiger partial charge in [0, 0.05) is 24.0 Å². The van der Waals surface area contributed by atoms with Crippen LogP contribution in [0.25, 0.3) is 0 Å². The molecule has 0 saturated heterocycles. The highest BCUT2D eigenvalue weighted by Gasteiger charge is 2.46. The predicted molar refractivity (Wildman–Crippen MR) is 228 cm³/mol. The lowest BCUT2D eigenvalue weighted by Crippen LogP contribution is -2.30. The van der Waals surface area contributed by atoms with Crippen LogP contribution in [0.4, 0.5) is 0 Å². The van der Waals surface area contributed by atoms with Crippen molar-refractivity contribution in [3.05, 3.63) is 151 Å². The maximum atomic E-state index is 14.3. The number of aromatic hydroxyl groups is 4. The molecule has 0 radical (unpaired) electrons. The molecular formula is C50H54O8. The van der Waals surface area contributed by atoms with Crippen molar-refractivity contribution < 1.29 is 39.5 Å². The lowest BCUT2D eigenvalue weighted by Gasteiger charge is -2.39. The van der Waals surface area contributed by atoms with E-state index in [0.29, 0.717) is 44.9 Å². The van der Waals surface area contributed by atoms with Gasteiger partial charge >= 0.3 is 0 Å². The number of rotatable bonds is 13. The SMILES string of the molecule is CC(C)=CCCC(C)=CCOc1cc(O)c2c(c1)[C@H]([C@@H]1c3cc(C)cc(O)c3C(=O)c3c(O)cc(OCC=C(C)CCC=C(C)C)cc31)c1cc(C)cc(O)c1C2=O. The number of phenolic OH excluding ortho intramolecular Hbond substituents is 4. The Morgan fingerprint density at radius 1 is 0.500 bits per heavy atom. The first-order valence-corrected chi connectivity index (χ1v) is 19.9. The number of carbonyl (C=O) groups is 2. The second kappa shape index (κ2) is 17.2. The summed E-state index contributed by atoms with van der Waals surface area (Å²) >= 11 is 0. The van der Waals surface area contributed by atoms with Crippen molar-refractivity contribution in [3.8, 4) is 34.5 Å². The number of benzene rings is 4. The number of ether oxygens (including phenoxy) is 2. The van der Waals surface area contributed by atoms with Crippen molar-refractivity contribution in [2.75, 3.05) is 13.2 Å². The van der Waals surface area contributed by atoms with Crippen LogP contribution in [0.15, 0.2) is 95.1 Å². The van der Waals surface area contributed by atoms with Crippen LogP contribution < -0.4 is 9.47 Å². The van der Waals surface area contributed by atoms with E-state index in [1.165, 1.54) is 35.4 Å². The van der Waals surface area contributed by atoms with Crippen LogP contribution in [0, 0.1) is 13.8 Å². The molecule has 2 aliphatic carbocycles. The molecule has 8 heteroatoms. The summed E-state index contributed by atoms with van der Waals surface area (Å²) < 4.78 is 12.4. The van der Waals surface area contributed by atoms with Gasteiger partial charge in [0.2, 0.25) is 11.6 Å². The van der Waals surface area contributed by atoms with Gasteiger partial charge in [-0.25, -0.2) is 0 Å².